The summed E-state index contributed by atoms with van der Waals surface area (Å²) in [6, 6.07) is 14.3. The molecule has 0 unspecified atom stereocenters. The summed E-state index contributed by atoms with van der Waals surface area (Å²) in [5, 5.41) is 3.70. The third-order valence-corrected chi connectivity index (χ3v) is 2.79. The van der Waals surface area contributed by atoms with Gasteiger partial charge in [0.25, 0.3) is 0 Å². The maximum Gasteiger partial charge on any atom is 0.332 e. The van der Waals surface area contributed by atoms with Gasteiger partial charge < -0.3 is 15.2 Å². The van der Waals surface area contributed by atoms with E-state index in [-0.39, 0.29) is 0 Å². The summed E-state index contributed by atoms with van der Waals surface area (Å²) >= 11 is 0. The number of amides is 2. The standard InChI is InChI=1S/C16H17N3O3/c1-21-14-6-3-5-13(9-14)11-22-15-7-2-4-12(8-15)10-18-19-16(17)20/h2-10H,11H2,1H3,(H3,17,19,20). The molecule has 0 aliphatic heterocycles. The topological polar surface area (TPSA) is 85.9 Å². The zero-order valence-corrected chi connectivity index (χ0v) is 12.2. The molecule has 2 rings (SSSR count). The average molecular weight is 299 g/mol. The first-order valence-corrected chi connectivity index (χ1v) is 6.61. The van der Waals surface area contributed by atoms with Crippen LogP contribution >= 0.6 is 0 Å². The molecule has 0 saturated heterocycles. The van der Waals surface area contributed by atoms with Crippen molar-refractivity contribution in [2.45, 2.75) is 6.61 Å². The number of hydrazone groups is 1. The van der Waals surface area contributed by atoms with Gasteiger partial charge in [0.05, 0.1) is 13.3 Å². The molecule has 0 atom stereocenters. The number of nitrogens with one attached hydrogen (secondary N) is 1. The van der Waals surface area contributed by atoms with E-state index in [9.17, 15) is 4.79 Å². The van der Waals surface area contributed by atoms with E-state index in [1.807, 2.05) is 48.5 Å². The van der Waals surface area contributed by atoms with Gasteiger partial charge in [-0.3, -0.25) is 0 Å². The van der Waals surface area contributed by atoms with Gasteiger partial charge in [-0.05, 0) is 35.4 Å². The molecule has 0 radical (unpaired) electrons. The molecule has 0 aromatic heterocycles. The van der Waals surface area contributed by atoms with Gasteiger partial charge in [0, 0.05) is 0 Å². The zero-order chi connectivity index (χ0) is 15.8. The molecule has 0 spiro atoms. The normalized spacial score (nSPS) is 10.4. The lowest BCUT2D eigenvalue weighted by Crippen LogP contribution is -2.24. The minimum absolute atomic E-state index is 0.428. The number of rotatable bonds is 6. The van der Waals surface area contributed by atoms with E-state index in [1.165, 1.54) is 6.21 Å². The van der Waals surface area contributed by atoms with Crippen LogP contribution in [0.3, 0.4) is 0 Å². The number of primary amides is 1. The van der Waals surface area contributed by atoms with Crippen LogP contribution in [-0.4, -0.2) is 19.4 Å². The Morgan fingerprint density at radius 2 is 2.00 bits per heavy atom. The van der Waals surface area contributed by atoms with E-state index in [2.05, 4.69) is 10.5 Å². The third-order valence-electron chi connectivity index (χ3n) is 2.79. The van der Waals surface area contributed by atoms with E-state index >= 15 is 0 Å². The Labute approximate surface area is 128 Å². The van der Waals surface area contributed by atoms with Crippen LogP contribution in [-0.2, 0) is 6.61 Å². The van der Waals surface area contributed by atoms with Crippen molar-refractivity contribution in [3.63, 3.8) is 0 Å². The fourth-order valence-corrected chi connectivity index (χ4v) is 1.78. The van der Waals surface area contributed by atoms with E-state index in [0.717, 1.165) is 16.9 Å². The van der Waals surface area contributed by atoms with Gasteiger partial charge in [0.2, 0.25) is 0 Å². The van der Waals surface area contributed by atoms with Crippen LogP contribution in [0.4, 0.5) is 4.79 Å². The highest BCUT2D eigenvalue weighted by Crippen LogP contribution is 2.17. The monoisotopic (exact) mass is 299 g/mol. The highest BCUT2D eigenvalue weighted by Gasteiger charge is 1.99. The molecule has 0 fully saturated rings. The molecule has 2 amide bonds. The second-order valence-corrected chi connectivity index (χ2v) is 4.45. The number of hydrogen-bond acceptors (Lipinski definition) is 4. The van der Waals surface area contributed by atoms with Crippen molar-refractivity contribution in [3.8, 4) is 11.5 Å². The summed E-state index contributed by atoms with van der Waals surface area (Å²) < 4.78 is 10.9. The van der Waals surface area contributed by atoms with Crippen LogP contribution in [0.25, 0.3) is 0 Å². The molecule has 2 aromatic carbocycles. The van der Waals surface area contributed by atoms with Crippen molar-refractivity contribution < 1.29 is 14.3 Å². The van der Waals surface area contributed by atoms with Crippen LogP contribution in [0, 0.1) is 0 Å². The average Bonchev–Trinajstić information content (AvgIpc) is 2.53. The molecule has 0 heterocycles. The molecule has 6 heteroatoms. The second-order valence-electron chi connectivity index (χ2n) is 4.45. The number of hydrogen-bond donors (Lipinski definition) is 2. The summed E-state index contributed by atoms with van der Waals surface area (Å²) in [6.07, 6.45) is 1.49. The lowest BCUT2D eigenvalue weighted by Gasteiger charge is -2.08. The predicted octanol–water partition coefficient (Wildman–Crippen LogP) is 2.28. The summed E-state index contributed by atoms with van der Waals surface area (Å²) in [5.41, 5.74) is 8.86. The fraction of sp³-hybridized carbons (Fsp3) is 0.125. The molecule has 0 saturated carbocycles. The van der Waals surface area contributed by atoms with Crippen molar-refractivity contribution in [1.29, 1.82) is 0 Å². The lowest BCUT2D eigenvalue weighted by molar-refractivity contribution is 0.249. The van der Waals surface area contributed by atoms with Crippen molar-refractivity contribution in [2.75, 3.05) is 7.11 Å². The van der Waals surface area contributed by atoms with Gasteiger partial charge in [-0.25, -0.2) is 10.2 Å². The van der Waals surface area contributed by atoms with E-state index < -0.39 is 6.03 Å². The number of urea groups is 1. The Balaban J connectivity index is 1.98. The molecular weight excluding hydrogens is 282 g/mol. The molecule has 0 aliphatic rings. The zero-order valence-electron chi connectivity index (χ0n) is 12.2. The maximum absolute atomic E-state index is 10.5. The number of methoxy groups -OCH3 is 1. The van der Waals surface area contributed by atoms with Crippen LogP contribution < -0.4 is 20.6 Å². The number of nitrogens with two attached hydrogens (primary N) is 1. The summed E-state index contributed by atoms with van der Waals surface area (Å²) in [6.45, 7) is 0.428. The molecule has 2 aromatic rings. The number of carbonyl (C=O) groups excluding carboxylic acids is 1. The van der Waals surface area contributed by atoms with Gasteiger partial charge in [-0.15, -0.1) is 0 Å². The summed E-state index contributed by atoms with van der Waals surface area (Å²) in [5.74, 6) is 1.49. The van der Waals surface area contributed by atoms with Crippen molar-refractivity contribution in [1.82, 2.24) is 5.43 Å². The number of benzene rings is 2. The highest BCUT2D eigenvalue weighted by atomic mass is 16.5. The van der Waals surface area contributed by atoms with Crippen LogP contribution in [0.1, 0.15) is 11.1 Å². The molecule has 0 aliphatic carbocycles. The number of carbonyl (C=O) groups is 1. The Kier molecular flexibility index (Phi) is 5.37. The van der Waals surface area contributed by atoms with Crippen molar-refractivity contribution >= 4 is 12.2 Å². The Bertz CT molecular complexity index is 671. The molecule has 6 nitrogen and oxygen atoms in total. The molecule has 22 heavy (non-hydrogen) atoms. The SMILES string of the molecule is COc1cccc(COc2cccc(C=NNC(N)=O)c2)c1. The molecular formula is C16H17N3O3. The van der Waals surface area contributed by atoms with Gasteiger partial charge >= 0.3 is 6.03 Å². The largest absolute Gasteiger partial charge is 0.497 e. The second kappa shape index (κ2) is 7.68. The van der Waals surface area contributed by atoms with Crippen LogP contribution in [0.5, 0.6) is 11.5 Å². The first kappa shape index (κ1) is 15.4. The van der Waals surface area contributed by atoms with Gasteiger partial charge in [-0.2, -0.15) is 5.10 Å². The molecule has 114 valence electrons. The first-order chi connectivity index (χ1) is 10.7. The Morgan fingerprint density at radius 1 is 1.23 bits per heavy atom. The summed E-state index contributed by atoms with van der Waals surface area (Å²) in [4.78, 5) is 10.5. The molecule has 0 bridgehead atoms. The lowest BCUT2D eigenvalue weighted by atomic mass is 10.2. The smallest absolute Gasteiger partial charge is 0.332 e. The minimum Gasteiger partial charge on any atom is -0.497 e. The third kappa shape index (κ3) is 4.82. The van der Waals surface area contributed by atoms with Crippen molar-refractivity contribution in [3.05, 3.63) is 59.7 Å². The Hall–Kier alpha value is -3.02. The Morgan fingerprint density at radius 3 is 2.77 bits per heavy atom. The quantitative estimate of drug-likeness (QED) is 0.633. The maximum atomic E-state index is 10.5. The molecule has 3 N–H and O–H groups in total. The van der Waals surface area contributed by atoms with Crippen LogP contribution in [0.2, 0.25) is 0 Å². The fourth-order valence-electron chi connectivity index (χ4n) is 1.78. The van der Waals surface area contributed by atoms with Crippen molar-refractivity contribution in [2.24, 2.45) is 10.8 Å². The van der Waals surface area contributed by atoms with E-state index in [0.29, 0.717) is 12.4 Å². The minimum atomic E-state index is -0.707. The van der Waals surface area contributed by atoms with Gasteiger partial charge in [0.1, 0.15) is 18.1 Å². The summed E-state index contributed by atoms with van der Waals surface area (Å²) in [7, 11) is 1.63. The highest BCUT2D eigenvalue weighted by molar-refractivity contribution is 5.81. The van der Waals surface area contributed by atoms with E-state index in [1.54, 1.807) is 7.11 Å². The number of nitrogens with zero attached hydrogens (tertiary/aromatic N) is 1. The number of ether oxygens (including phenoxy) is 2. The van der Waals surface area contributed by atoms with Gasteiger partial charge in [-0.1, -0.05) is 24.3 Å². The van der Waals surface area contributed by atoms with E-state index in [4.69, 9.17) is 15.2 Å². The van der Waals surface area contributed by atoms with Gasteiger partial charge in [0.15, 0.2) is 0 Å². The predicted molar refractivity (Wildman–Crippen MR) is 84.1 cm³/mol. The van der Waals surface area contributed by atoms with Crippen LogP contribution in [0.15, 0.2) is 53.6 Å². The first-order valence-electron chi connectivity index (χ1n) is 6.61.